The molecule has 0 fully saturated rings. The number of aromatic nitrogens is 2. The molecule has 0 aliphatic rings. The maximum absolute atomic E-state index is 5.46. The molecule has 2 aromatic heterocycles. The molecule has 0 aliphatic carbocycles. The topological polar surface area (TPSA) is 52.1 Å². The van der Waals surface area contributed by atoms with Gasteiger partial charge in [-0.2, -0.15) is 0 Å². The first kappa shape index (κ1) is 15.0. The van der Waals surface area contributed by atoms with E-state index in [0.717, 1.165) is 42.9 Å². The molecule has 0 unspecified atom stereocenters. The molecule has 102 valence electrons. The number of aryl methyl sites for hydroxylation is 2. The molecule has 0 radical (unpaired) electrons. The van der Waals surface area contributed by atoms with E-state index in [4.69, 9.17) is 9.05 Å². The van der Waals surface area contributed by atoms with Gasteiger partial charge in [0, 0.05) is 12.3 Å². The Bertz CT molecular complexity index is 589. The van der Waals surface area contributed by atoms with Crippen molar-refractivity contribution in [1.29, 1.82) is 0 Å². The number of hydrogen-bond donors (Lipinski definition) is 0. The summed E-state index contributed by atoms with van der Waals surface area (Å²) in [7, 11) is 0. The summed E-state index contributed by atoms with van der Waals surface area (Å²) in [4.78, 5) is 0. The molecule has 0 bridgehead atoms. The fourth-order valence-corrected chi connectivity index (χ4v) is 2.92. The molecule has 0 aromatic carbocycles. The smallest absolute Gasteiger partial charge is 0.154 e. The molecule has 6 heteroatoms. The summed E-state index contributed by atoms with van der Waals surface area (Å²) in [6.07, 6.45) is 3.46. The van der Waals surface area contributed by atoms with E-state index in [1.165, 1.54) is 0 Å². The van der Waals surface area contributed by atoms with E-state index in [-0.39, 0.29) is 5.92 Å². The maximum Gasteiger partial charge on any atom is 0.154 e. The first-order chi connectivity index (χ1) is 9.04. The van der Waals surface area contributed by atoms with E-state index in [1.807, 2.05) is 19.9 Å². The zero-order chi connectivity index (χ0) is 14.0. The molecule has 2 rings (SSSR count). The van der Waals surface area contributed by atoms with Gasteiger partial charge in [-0.1, -0.05) is 16.4 Å². The van der Waals surface area contributed by atoms with Gasteiger partial charge in [-0.3, -0.25) is 0 Å². The van der Waals surface area contributed by atoms with Crippen LogP contribution in [0, 0.1) is 21.0 Å². The standard InChI is InChI=1S/C13H14I2N2O2/c1-4-5-9(13-12(15)8(3)17-19-13)6-10-11(14)7(2)16-18-10/h4,9H,1,5-6H2,2-3H3/t9-/m1/s1. The van der Waals surface area contributed by atoms with Gasteiger partial charge >= 0.3 is 0 Å². The van der Waals surface area contributed by atoms with Gasteiger partial charge < -0.3 is 9.05 Å². The Hall–Kier alpha value is -0.380. The fraction of sp³-hybridized carbons (Fsp3) is 0.385. The highest BCUT2D eigenvalue weighted by atomic mass is 127. The Kier molecular flexibility index (Phi) is 5.04. The van der Waals surface area contributed by atoms with Crippen molar-refractivity contribution in [2.75, 3.05) is 0 Å². The fourth-order valence-electron chi connectivity index (χ4n) is 1.87. The van der Waals surface area contributed by atoms with Gasteiger partial charge in [-0.15, -0.1) is 6.58 Å². The molecule has 2 aromatic rings. The molecule has 0 amide bonds. The minimum atomic E-state index is 0.187. The molecule has 0 saturated carbocycles. The van der Waals surface area contributed by atoms with Crippen molar-refractivity contribution in [2.45, 2.75) is 32.6 Å². The predicted octanol–water partition coefficient (Wildman–Crippen LogP) is 4.39. The Morgan fingerprint density at radius 3 is 2.26 bits per heavy atom. The highest BCUT2D eigenvalue weighted by Gasteiger charge is 2.24. The second kappa shape index (κ2) is 6.38. The molecule has 1 atom stereocenters. The maximum atomic E-state index is 5.46. The number of rotatable bonds is 5. The Morgan fingerprint density at radius 1 is 1.16 bits per heavy atom. The van der Waals surface area contributed by atoms with Crippen LogP contribution in [-0.4, -0.2) is 10.3 Å². The Labute approximate surface area is 139 Å². The van der Waals surface area contributed by atoms with Gasteiger partial charge in [0.05, 0.1) is 18.5 Å². The molecular weight excluding hydrogens is 470 g/mol. The lowest BCUT2D eigenvalue weighted by atomic mass is 9.96. The number of nitrogens with zero attached hydrogens (tertiary/aromatic N) is 2. The van der Waals surface area contributed by atoms with Gasteiger partial charge in [0.25, 0.3) is 0 Å². The molecule has 0 aliphatic heterocycles. The summed E-state index contributed by atoms with van der Waals surface area (Å²) in [6, 6.07) is 0. The lowest BCUT2D eigenvalue weighted by Gasteiger charge is -2.10. The van der Waals surface area contributed by atoms with Crippen molar-refractivity contribution in [3.05, 3.63) is 42.7 Å². The third kappa shape index (κ3) is 3.21. The largest absolute Gasteiger partial charge is 0.360 e. The van der Waals surface area contributed by atoms with Crippen LogP contribution in [0.15, 0.2) is 21.7 Å². The Balaban J connectivity index is 2.28. The molecule has 19 heavy (non-hydrogen) atoms. The van der Waals surface area contributed by atoms with Crippen molar-refractivity contribution in [1.82, 2.24) is 10.3 Å². The Morgan fingerprint density at radius 2 is 1.79 bits per heavy atom. The summed E-state index contributed by atoms with van der Waals surface area (Å²) in [5, 5.41) is 8.02. The van der Waals surface area contributed by atoms with Crippen LogP contribution in [-0.2, 0) is 6.42 Å². The molecule has 0 saturated heterocycles. The molecule has 4 nitrogen and oxygen atoms in total. The molecule has 0 spiro atoms. The van der Waals surface area contributed by atoms with E-state index in [1.54, 1.807) is 0 Å². The zero-order valence-electron chi connectivity index (χ0n) is 10.7. The third-order valence-corrected chi connectivity index (χ3v) is 5.62. The van der Waals surface area contributed by atoms with Gasteiger partial charge in [-0.25, -0.2) is 0 Å². The third-order valence-electron chi connectivity index (χ3n) is 2.92. The van der Waals surface area contributed by atoms with Crippen LogP contribution >= 0.6 is 45.2 Å². The van der Waals surface area contributed by atoms with Crippen molar-refractivity contribution in [2.24, 2.45) is 0 Å². The van der Waals surface area contributed by atoms with Gasteiger partial charge in [0.2, 0.25) is 0 Å². The summed E-state index contributed by atoms with van der Waals surface area (Å²) in [5.41, 5.74) is 1.85. The van der Waals surface area contributed by atoms with E-state index in [9.17, 15) is 0 Å². The first-order valence-electron chi connectivity index (χ1n) is 5.87. The minimum Gasteiger partial charge on any atom is -0.360 e. The van der Waals surface area contributed by atoms with Crippen LogP contribution in [0.4, 0.5) is 0 Å². The van der Waals surface area contributed by atoms with Gasteiger partial charge in [-0.05, 0) is 65.5 Å². The van der Waals surface area contributed by atoms with Crippen molar-refractivity contribution in [3.63, 3.8) is 0 Å². The van der Waals surface area contributed by atoms with Crippen molar-refractivity contribution < 1.29 is 9.05 Å². The molecule has 2 heterocycles. The number of allylic oxidation sites excluding steroid dienone is 1. The average Bonchev–Trinajstić information content (AvgIpc) is 2.87. The summed E-state index contributed by atoms with van der Waals surface area (Å²) in [6.45, 7) is 7.71. The quantitative estimate of drug-likeness (QED) is 0.467. The van der Waals surface area contributed by atoms with Crippen LogP contribution in [0.25, 0.3) is 0 Å². The first-order valence-corrected chi connectivity index (χ1v) is 8.03. The summed E-state index contributed by atoms with van der Waals surface area (Å²) >= 11 is 4.54. The average molecular weight is 484 g/mol. The van der Waals surface area contributed by atoms with Crippen LogP contribution in [0.5, 0.6) is 0 Å². The van der Waals surface area contributed by atoms with Crippen LogP contribution in [0.2, 0.25) is 0 Å². The van der Waals surface area contributed by atoms with E-state index >= 15 is 0 Å². The highest BCUT2D eigenvalue weighted by molar-refractivity contribution is 14.1. The lowest BCUT2D eigenvalue weighted by molar-refractivity contribution is 0.331. The summed E-state index contributed by atoms with van der Waals surface area (Å²) in [5.74, 6) is 1.99. The number of hydrogen-bond acceptors (Lipinski definition) is 4. The summed E-state index contributed by atoms with van der Waals surface area (Å²) < 4.78 is 13.0. The number of halogens is 2. The van der Waals surface area contributed by atoms with Crippen molar-refractivity contribution in [3.8, 4) is 0 Å². The van der Waals surface area contributed by atoms with Gasteiger partial charge in [0.15, 0.2) is 11.5 Å². The van der Waals surface area contributed by atoms with Crippen molar-refractivity contribution >= 4 is 45.2 Å². The lowest BCUT2D eigenvalue weighted by Crippen LogP contribution is -2.03. The van der Waals surface area contributed by atoms with Crippen LogP contribution < -0.4 is 0 Å². The van der Waals surface area contributed by atoms with E-state index in [2.05, 4.69) is 62.1 Å². The molecular formula is C13H14I2N2O2. The SMILES string of the molecule is C=CC[C@H](Cc1onc(C)c1I)c1onc(C)c1I. The van der Waals surface area contributed by atoms with Crippen LogP contribution in [0.1, 0.15) is 35.2 Å². The van der Waals surface area contributed by atoms with Crippen LogP contribution in [0.3, 0.4) is 0 Å². The minimum absolute atomic E-state index is 0.187. The second-order valence-corrected chi connectivity index (χ2v) is 6.53. The molecule has 0 N–H and O–H groups in total. The normalized spacial score (nSPS) is 12.6. The second-order valence-electron chi connectivity index (χ2n) is 4.38. The highest BCUT2D eigenvalue weighted by Crippen LogP contribution is 2.31. The van der Waals surface area contributed by atoms with E-state index < -0.39 is 0 Å². The zero-order valence-corrected chi connectivity index (χ0v) is 15.1. The van der Waals surface area contributed by atoms with E-state index in [0.29, 0.717) is 0 Å². The monoisotopic (exact) mass is 484 g/mol. The predicted molar refractivity (Wildman–Crippen MR) is 89.2 cm³/mol. The van der Waals surface area contributed by atoms with Gasteiger partial charge in [0.1, 0.15) is 0 Å².